The van der Waals surface area contributed by atoms with Crippen molar-refractivity contribution in [2.24, 2.45) is 0 Å². The van der Waals surface area contributed by atoms with Crippen LogP contribution in [0.4, 0.5) is 8.78 Å². The van der Waals surface area contributed by atoms with E-state index in [1.807, 2.05) is 0 Å². The molecule has 104 valence electrons. The van der Waals surface area contributed by atoms with Crippen LogP contribution in [-0.4, -0.2) is 15.0 Å². The minimum Gasteiger partial charge on any atom is -0.288 e. The molecule has 0 aliphatic heterocycles. The van der Waals surface area contributed by atoms with Crippen molar-refractivity contribution in [1.82, 2.24) is 9.78 Å². The Morgan fingerprint density at radius 3 is 2.65 bits per heavy atom. The third-order valence-electron chi connectivity index (χ3n) is 2.62. The van der Waals surface area contributed by atoms with Gasteiger partial charge in [-0.3, -0.25) is 9.59 Å². The SMILES string of the molecule is Cc1cc(=O)c(CC(=O)Cl)nn1-c1ccc(F)cc1F. The van der Waals surface area contributed by atoms with Gasteiger partial charge in [-0.05, 0) is 30.7 Å². The van der Waals surface area contributed by atoms with E-state index in [9.17, 15) is 18.4 Å². The van der Waals surface area contributed by atoms with Crippen LogP contribution in [0, 0.1) is 18.6 Å². The lowest BCUT2D eigenvalue weighted by Gasteiger charge is -2.11. The number of carbonyl (C=O) groups excluding carboxylic acids is 1. The maximum absolute atomic E-state index is 13.7. The molecule has 20 heavy (non-hydrogen) atoms. The summed E-state index contributed by atoms with van der Waals surface area (Å²) in [5.41, 5.74) is -0.229. The molecule has 0 aliphatic rings. The van der Waals surface area contributed by atoms with Crippen LogP contribution in [0.25, 0.3) is 5.69 Å². The normalized spacial score (nSPS) is 10.6. The van der Waals surface area contributed by atoms with E-state index in [-0.39, 0.29) is 17.8 Å². The first kappa shape index (κ1) is 14.3. The second-order valence-electron chi connectivity index (χ2n) is 4.14. The topological polar surface area (TPSA) is 52.0 Å². The molecule has 0 saturated carbocycles. The van der Waals surface area contributed by atoms with Crippen molar-refractivity contribution in [3.63, 3.8) is 0 Å². The first-order valence-electron chi connectivity index (χ1n) is 5.62. The van der Waals surface area contributed by atoms with Crippen LogP contribution in [-0.2, 0) is 11.2 Å². The van der Waals surface area contributed by atoms with Crippen molar-refractivity contribution in [1.29, 1.82) is 0 Å². The lowest BCUT2D eigenvalue weighted by atomic mass is 10.2. The summed E-state index contributed by atoms with van der Waals surface area (Å²) in [4.78, 5) is 22.5. The van der Waals surface area contributed by atoms with Crippen molar-refractivity contribution in [2.45, 2.75) is 13.3 Å². The summed E-state index contributed by atoms with van der Waals surface area (Å²) in [7, 11) is 0. The highest BCUT2D eigenvalue weighted by Crippen LogP contribution is 2.15. The summed E-state index contributed by atoms with van der Waals surface area (Å²) >= 11 is 5.22. The van der Waals surface area contributed by atoms with Crippen molar-refractivity contribution < 1.29 is 13.6 Å². The molecular formula is C13H9ClF2N2O2. The molecule has 2 aromatic rings. The number of aryl methyl sites for hydroxylation is 1. The van der Waals surface area contributed by atoms with E-state index in [1.165, 1.54) is 12.1 Å². The number of benzene rings is 1. The minimum absolute atomic E-state index is 0.0211. The highest BCUT2D eigenvalue weighted by atomic mass is 35.5. The second-order valence-corrected chi connectivity index (χ2v) is 4.56. The largest absolute Gasteiger partial charge is 0.288 e. The van der Waals surface area contributed by atoms with Gasteiger partial charge in [0.2, 0.25) is 10.7 Å². The summed E-state index contributed by atoms with van der Waals surface area (Å²) < 4.78 is 27.8. The van der Waals surface area contributed by atoms with Gasteiger partial charge in [0, 0.05) is 17.8 Å². The predicted octanol–water partition coefficient (Wildman–Crippen LogP) is 2.13. The van der Waals surface area contributed by atoms with Crippen LogP contribution >= 0.6 is 11.6 Å². The van der Waals surface area contributed by atoms with Gasteiger partial charge in [0.15, 0.2) is 5.82 Å². The highest BCUT2D eigenvalue weighted by Gasteiger charge is 2.13. The number of aromatic nitrogens is 2. The number of hydrogen-bond acceptors (Lipinski definition) is 3. The summed E-state index contributed by atoms with van der Waals surface area (Å²) in [5, 5.41) is 3.16. The smallest absolute Gasteiger partial charge is 0.227 e. The Bertz CT molecular complexity index is 744. The van der Waals surface area contributed by atoms with Crippen LogP contribution < -0.4 is 5.43 Å². The Morgan fingerprint density at radius 1 is 1.35 bits per heavy atom. The first-order chi connectivity index (χ1) is 9.38. The molecule has 0 bridgehead atoms. The maximum Gasteiger partial charge on any atom is 0.227 e. The van der Waals surface area contributed by atoms with E-state index >= 15 is 0 Å². The summed E-state index contributed by atoms with van der Waals surface area (Å²) in [6, 6.07) is 4.19. The third kappa shape index (κ3) is 2.91. The molecule has 1 aromatic heterocycles. The fraction of sp³-hybridized carbons (Fsp3) is 0.154. The van der Waals surface area contributed by atoms with Crippen molar-refractivity contribution in [3.05, 3.63) is 57.5 Å². The zero-order valence-electron chi connectivity index (χ0n) is 10.4. The van der Waals surface area contributed by atoms with Crippen LogP contribution in [0.5, 0.6) is 0 Å². The molecule has 0 fully saturated rings. The molecule has 7 heteroatoms. The van der Waals surface area contributed by atoms with Gasteiger partial charge >= 0.3 is 0 Å². The minimum atomic E-state index is -0.826. The molecule has 0 aliphatic carbocycles. The Kier molecular flexibility index (Phi) is 3.94. The van der Waals surface area contributed by atoms with Gasteiger partial charge in [0.25, 0.3) is 0 Å². The number of rotatable bonds is 3. The van der Waals surface area contributed by atoms with E-state index in [4.69, 9.17) is 11.6 Å². The van der Waals surface area contributed by atoms with Crippen LogP contribution in [0.15, 0.2) is 29.1 Å². The monoisotopic (exact) mass is 298 g/mol. The standard InChI is InChI=1S/C13H9ClF2N2O2/c1-7-4-12(19)10(6-13(14)20)17-18(7)11-3-2-8(15)5-9(11)16/h2-5H,6H2,1H3. The number of hydrogen-bond donors (Lipinski definition) is 0. The lowest BCUT2D eigenvalue weighted by molar-refractivity contribution is -0.111. The summed E-state index contributed by atoms with van der Waals surface area (Å²) in [6.07, 6.45) is -0.358. The Balaban J connectivity index is 2.61. The van der Waals surface area contributed by atoms with Crippen molar-refractivity contribution in [3.8, 4) is 5.69 Å². The molecule has 0 amide bonds. The quantitative estimate of drug-likeness (QED) is 0.816. The number of halogens is 3. The zero-order valence-corrected chi connectivity index (χ0v) is 11.1. The maximum atomic E-state index is 13.7. The molecule has 1 heterocycles. The molecule has 0 N–H and O–H groups in total. The fourth-order valence-corrected chi connectivity index (χ4v) is 1.86. The Labute approximate surface area is 117 Å². The highest BCUT2D eigenvalue weighted by molar-refractivity contribution is 6.63. The summed E-state index contributed by atoms with van der Waals surface area (Å²) in [6.45, 7) is 1.55. The molecule has 1 aromatic carbocycles. The third-order valence-corrected chi connectivity index (χ3v) is 2.76. The van der Waals surface area contributed by atoms with Gasteiger partial charge < -0.3 is 0 Å². The van der Waals surface area contributed by atoms with E-state index in [1.54, 1.807) is 6.92 Å². The van der Waals surface area contributed by atoms with Crippen molar-refractivity contribution in [2.75, 3.05) is 0 Å². The summed E-state index contributed by atoms with van der Waals surface area (Å²) in [5.74, 6) is -1.55. The number of nitrogens with zero attached hydrogens (tertiary/aromatic N) is 2. The average Bonchev–Trinajstić information content (AvgIpc) is 2.33. The zero-order chi connectivity index (χ0) is 14.9. The van der Waals surface area contributed by atoms with Gasteiger partial charge in [-0.15, -0.1) is 0 Å². The van der Waals surface area contributed by atoms with Gasteiger partial charge in [0.1, 0.15) is 17.2 Å². The van der Waals surface area contributed by atoms with Crippen LogP contribution in [0.1, 0.15) is 11.4 Å². The molecule has 0 spiro atoms. The molecular weight excluding hydrogens is 290 g/mol. The lowest BCUT2D eigenvalue weighted by Crippen LogP contribution is -2.20. The first-order valence-corrected chi connectivity index (χ1v) is 6.00. The Hall–Kier alpha value is -2.08. The van der Waals surface area contributed by atoms with E-state index in [2.05, 4.69) is 5.10 Å². The molecule has 0 saturated heterocycles. The van der Waals surface area contributed by atoms with E-state index < -0.39 is 22.3 Å². The Morgan fingerprint density at radius 2 is 2.05 bits per heavy atom. The molecule has 0 unspecified atom stereocenters. The fourth-order valence-electron chi connectivity index (χ4n) is 1.73. The average molecular weight is 299 g/mol. The molecule has 2 rings (SSSR count). The number of carbonyl (C=O) groups is 1. The van der Waals surface area contributed by atoms with Crippen LogP contribution in [0.2, 0.25) is 0 Å². The molecule has 0 radical (unpaired) electrons. The second kappa shape index (κ2) is 5.50. The molecule has 4 nitrogen and oxygen atoms in total. The van der Waals surface area contributed by atoms with Crippen molar-refractivity contribution >= 4 is 16.8 Å². The van der Waals surface area contributed by atoms with E-state index in [0.29, 0.717) is 11.8 Å². The van der Waals surface area contributed by atoms with Gasteiger partial charge in [-0.2, -0.15) is 5.10 Å². The van der Waals surface area contributed by atoms with Gasteiger partial charge in [-0.25, -0.2) is 13.5 Å². The molecule has 0 atom stereocenters. The predicted molar refractivity (Wildman–Crippen MR) is 69.1 cm³/mol. The van der Waals surface area contributed by atoms with E-state index in [0.717, 1.165) is 10.7 Å². The van der Waals surface area contributed by atoms with Gasteiger partial charge in [-0.1, -0.05) is 0 Å². The van der Waals surface area contributed by atoms with Crippen LogP contribution in [0.3, 0.4) is 0 Å². The van der Waals surface area contributed by atoms with Gasteiger partial charge in [0.05, 0.1) is 6.42 Å².